The van der Waals surface area contributed by atoms with Crippen LogP contribution in [0.25, 0.3) is 10.9 Å². The number of benzene rings is 1. The Morgan fingerprint density at radius 1 is 1.28 bits per heavy atom. The number of hydrogen-bond donors (Lipinski definition) is 2. The Bertz CT molecular complexity index is 627. The van der Waals surface area contributed by atoms with Crippen LogP contribution in [-0.4, -0.2) is 4.98 Å². The number of nitrogen functional groups attached to an aromatic ring is 1. The smallest absolute Gasteiger partial charge is 0.149 e. The van der Waals surface area contributed by atoms with E-state index in [0.29, 0.717) is 15.9 Å². The number of hydrogen-bond acceptors (Lipinski definition) is 3. The third-order valence-corrected chi connectivity index (χ3v) is 3.77. The van der Waals surface area contributed by atoms with Crippen molar-refractivity contribution in [2.24, 2.45) is 5.84 Å². The first kappa shape index (κ1) is 11.7. The van der Waals surface area contributed by atoms with Crippen molar-refractivity contribution in [3.63, 3.8) is 0 Å². The Labute approximate surface area is 109 Å². The number of aryl methyl sites for hydroxylation is 1. The quantitative estimate of drug-likeness (QED) is 0.615. The molecule has 1 aliphatic rings. The van der Waals surface area contributed by atoms with E-state index >= 15 is 0 Å². The summed E-state index contributed by atoms with van der Waals surface area (Å²) in [7, 11) is 0. The van der Waals surface area contributed by atoms with Crippen molar-refractivity contribution in [1.82, 2.24) is 4.98 Å². The number of anilines is 1. The second kappa shape index (κ2) is 4.37. The molecule has 0 fully saturated rings. The molecule has 0 saturated carbocycles. The summed E-state index contributed by atoms with van der Waals surface area (Å²) in [5.41, 5.74) is 5.70. The molecule has 1 heterocycles. The minimum absolute atomic E-state index is 0.302. The first-order chi connectivity index (χ1) is 8.72. The van der Waals surface area contributed by atoms with Gasteiger partial charge in [0.05, 0.1) is 10.7 Å². The van der Waals surface area contributed by atoms with Gasteiger partial charge in [-0.2, -0.15) is 0 Å². The molecule has 0 unspecified atom stereocenters. The molecule has 0 spiro atoms. The van der Waals surface area contributed by atoms with E-state index in [9.17, 15) is 4.39 Å². The van der Waals surface area contributed by atoms with Crippen LogP contribution in [0.2, 0.25) is 5.02 Å². The van der Waals surface area contributed by atoms with Crippen LogP contribution in [0, 0.1) is 5.82 Å². The second-order valence-corrected chi connectivity index (χ2v) is 4.92. The maximum absolute atomic E-state index is 13.9. The molecule has 3 nitrogen and oxygen atoms in total. The summed E-state index contributed by atoms with van der Waals surface area (Å²) >= 11 is 6.15. The molecule has 0 aliphatic heterocycles. The minimum Gasteiger partial charge on any atom is -0.323 e. The van der Waals surface area contributed by atoms with Gasteiger partial charge in [-0.1, -0.05) is 11.6 Å². The fourth-order valence-electron chi connectivity index (χ4n) is 2.62. The molecule has 3 rings (SSSR count). The number of nitrogens with zero attached hydrogens (tertiary/aromatic N) is 1. The Kier molecular flexibility index (Phi) is 2.84. The van der Waals surface area contributed by atoms with Crippen LogP contribution in [0.1, 0.15) is 24.1 Å². The molecule has 0 radical (unpaired) electrons. The van der Waals surface area contributed by atoms with E-state index in [2.05, 4.69) is 10.4 Å². The first-order valence-corrected chi connectivity index (χ1v) is 6.36. The van der Waals surface area contributed by atoms with E-state index in [-0.39, 0.29) is 5.82 Å². The SMILES string of the molecule is NNc1c2c(nc3c(F)ccc(Cl)c13)CCCC2. The maximum Gasteiger partial charge on any atom is 0.149 e. The average Bonchev–Trinajstić information content (AvgIpc) is 2.41. The van der Waals surface area contributed by atoms with E-state index in [1.807, 2.05) is 0 Å². The normalized spacial score (nSPS) is 14.6. The van der Waals surface area contributed by atoms with Gasteiger partial charge in [-0.15, -0.1) is 0 Å². The van der Waals surface area contributed by atoms with Crippen LogP contribution in [-0.2, 0) is 12.8 Å². The predicted molar refractivity (Wildman–Crippen MR) is 71.2 cm³/mol. The molecule has 3 N–H and O–H groups in total. The molecule has 1 aliphatic carbocycles. The number of nitrogens with one attached hydrogen (secondary N) is 1. The van der Waals surface area contributed by atoms with E-state index in [0.717, 1.165) is 42.6 Å². The van der Waals surface area contributed by atoms with Gasteiger partial charge in [-0.3, -0.25) is 5.84 Å². The van der Waals surface area contributed by atoms with Crippen molar-refractivity contribution in [2.45, 2.75) is 25.7 Å². The van der Waals surface area contributed by atoms with Gasteiger partial charge in [0, 0.05) is 11.1 Å². The van der Waals surface area contributed by atoms with E-state index in [4.69, 9.17) is 17.4 Å². The maximum atomic E-state index is 13.9. The van der Waals surface area contributed by atoms with Gasteiger partial charge in [0.25, 0.3) is 0 Å². The summed E-state index contributed by atoms with van der Waals surface area (Å²) in [6.07, 6.45) is 3.95. The highest BCUT2D eigenvalue weighted by Gasteiger charge is 2.20. The van der Waals surface area contributed by atoms with Gasteiger partial charge in [0.1, 0.15) is 11.3 Å². The highest BCUT2D eigenvalue weighted by atomic mass is 35.5. The van der Waals surface area contributed by atoms with Crippen molar-refractivity contribution < 1.29 is 4.39 Å². The van der Waals surface area contributed by atoms with Crippen molar-refractivity contribution in [2.75, 3.05) is 5.43 Å². The molecule has 1 aromatic carbocycles. The molecule has 18 heavy (non-hydrogen) atoms. The fraction of sp³-hybridized carbons (Fsp3) is 0.308. The number of rotatable bonds is 1. The van der Waals surface area contributed by atoms with Gasteiger partial charge in [0.2, 0.25) is 0 Å². The van der Waals surface area contributed by atoms with Crippen LogP contribution in [0.4, 0.5) is 10.1 Å². The predicted octanol–water partition coefficient (Wildman–Crippen LogP) is 3.19. The van der Waals surface area contributed by atoms with Gasteiger partial charge >= 0.3 is 0 Å². The monoisotopic (exact) mass is 265 g/mol. The number of pyridine rings is 1. The second-order valence-electron chi connectivity index (χ2n) is 4.52. The zero-order valence-electron chi connectivity index (χ0n) is 9.76. The Hall–Kier alpha value is -1.39. The number of halogens is 2. The minimum atomic E-state index is -0.362. The van der Waals surface area contributed by atoms with Gasteiger partial charge in [-0.25, -0.2) is 9.37 Å². The van der Waals surface area contributed by atoms with Crippen molar-refractivity contribution in [1.29, 1.82) is 0 Å². The Balaban J connectivity index is 2.44. The summed E-state index contributed by atoms with van der Waals surface area (Å²) in [5, 5.41) is 1.06. The molecule has 0 saturated heterocycles. The number of fused-ring (bicyclic) bond motifs is 2. The standard InChI is InChI=1S/C13H13ClFN3/c14-8-5-6-9(15)13-11(8)12(18-16)7-3-1-2-4-10(7)17-13/h5-6H,1-4,16H2,(H,17,18). The van der Waals surface area contributed by atoms with Crippen LogP contribution in [0.15, 0.2) is 12.1 Å². The van der Waals surface area contributed by atoms with Crippen LogP contribution in [0.3, 0.4) is 0 Å². The summed E-state index contributed by atoms with van der Waals surface area (Å²) < 4.78 is 13.9. The average molecular weight is 266 g/mol. The lowest BCUT2D eigenvalue weighted by Crippen LogP contribution is -2.15. The zero-order valence-corrected chi connectivity index (χ0v) is 10.5. The molecule has 0 bridgehead atoms. The largest absolute Gasteiger partial charge is 0.323 e. The number of nitrogens with two attached hydrogens (primary N) is 1. The Morgan fingerprint density at radius 2 is 2.06 bits per heavy atom. The number of aromatic nitrogens is 1. The van der Waals surface area contributed by atoms with Gasteiger partial charge in [0.15, 0.2) is 0 Å². The van der Waals surface area contributed by atoms with Gasteiger partial charge in [-0.05, 0) is 43.4 Å². The summed E-state index contributed by atoms with van der Waals surface area (Å²) in [6.45, 7) is 0. The number of hydrazine groups is 1. The summed E-state index contributed by atoms with van der Waals surface area (Å²) in [6, 6.07) is 2.88. The molecule has 94 valence electrons. The van der Waals surface area contributed by atoms with Crippen molar-refractivity contribution in [3.05, 3.63) is 34.2 Å². The lowest BCUT2D eigenvalue weighted by Gasteiger charge is -2.20. The molecule has 2 aromatic rings. The third kappa shape index (κ3) is 1.64. The Morgan fingerprint density at radius 3 is 2.83 bits per heavy atom. The van der Waals surface area contributed by atoms with Crippen LogP contribution in [0.5, 0.6) is 0 Å². The van der Waals surface area contributed by atoms with Gasteiger partial charge < -0.3 is 5.43 Å². The van der Waals surface area contributed by atoms with E-state index in [1.165, 1.54) is 12.1 Å². The lowest BCUT2D eigenvalue weighted by molar-refractivity contribution is 0.632. The molecule has 5 heteroatoms. The molecular weight excluding hydrogens is 253 g/mol. The molecular formula is C13H13ClFN3. The lowest BCUT2D eigenvalue weighted by atomic mass is 9.93. The van der Waals surface area contributed by atoms with Crippen LogP contribution >= 0.6 is 11.6 Å². The highest BCUT2D eigenvalue weighted by Crippen LogP contribution is 2.37. The van der Waals surface area contributed by atoms with Crippen LogP contribution < -0.4 is 11.3 Å². The van der Waals surface area contributed by atoms with E-state index in [1.54, 1.807) is 0 Å². The fourth-order valence-corrected chi connectivity index (χ4v) is 2.86. The highest BCUT2D eigenvalue weighted by molar-refractivity contribution is 6.36. The molecule has 0 atom stereocenters. The topological polar surface area (TPSA) is 50.9 Å². The summed E-state index contributed by atoms with van der Waals surface area (Å²) in [4.78, 5) is 4.43. The van der Waals surface area contributed by atoms with E-state index < -0.39 is 0 Å². The van der Waals surface area contributed by atoms with Crippen molar-refractivity contribution >= 4 is 28.2 Å². The summed E-state index contributed by atoms with van der Waals surface area (Å²) in [5.74, 6) is 5.24. The zero-order chi connectivity index (χ0) is 12.7. The molecule has 1 aromatic heterocycles. The third-order valence-electron chi connectivity index (χ3n) is 3.46. The first-order valence-electron chi connectivity index (χ1n) is 5.98. The molecule has 0 amide bonds. The van der Waals surface area contributed by atoms with Crippen molar-refractivity contribution in [3.8, 4) is 0 Å².